The van der Waals surface area contributed by atoms with Crippen molar-refractivity contribution in [2.45, 2.75) is 61.3 Å². The predicted molar refractivity (Wildman–Crippen MR) is 125 cm³/mol. The van der Waals surface area contributed by atoms with Gasteiger partial charge in [-0.1, -0.05) is 12.1 Å². The van der Waals surface area contributed by atoms with Crippen LogP contribution in [0.3, 0.4) is 0 Å². The Bertz CT molecular complexity index is 1120. The smallest absolute Gasteiger partial charge is 0.242 e. The van der Waals surface area contributed by atoms with Crippen molar-refractivity contribution in [1.82, 2.24) is 19.0 Å². The van der Waals surface area contributed by atoms with Gasteiger partial charge in [-0.25, -0.2) is 12.7 Å². The molecule has 0 aromatic heterocycles. The van der Waals surface area contributed by atoms with Gasteiger partial charge in [-0.2, -0.15) is 5.26 Å². The van der Waals surface area contributed by atoms with Crippen LogP contribution < -0.4 is 5.73 Å². The van der Waals surface area contributed by atoms with E-state index in [4.69, 9.17) is 5.73 Å². The van der Waals surface area contributed by atoms with E-state index in [0.29, 0.717) is 25.9 Å². The molecule has 0 spiro atoms. The maximum absolute atomic E-state index is 13.3. The predicted octanol–water partition coefficient (Wildman–Crippen LogP) is 0.125. The molecule has 3 heterocycles. The van der Waals surface area contributed by atoms with Gasteiger partial charge in [0.2, 0.25) is 21.8 Å². The molecule has 5 atom stereocenters. The Labute approximate surface area is 200 Å². The van der Waals surface area contributed by atoms with E-state index >= 15 is 0 Å². The van der Waals surface area contributed by atoms with Crippen molar-refractivity contribution in [3.8, 4) is 6.07 Å². The summed E-state index contributed by atoms with van der Waals surface area (Å²) in [6.45, 7) is 3.34. The van der Waals surface area contributed by atoms with Gasteiger partial charge < -0.3 is 15.5 Å². The summed E-state index contributed by atoms with van der Waals surface area (Å²) in [6.07, 6.45) is 2.13. The maximum atomic E-state index is 13.3. The monoisotopic (exact) mass is 488 g/mol. The molecule has 184 valence electrons. The number of piperazine rings is 1. The van der Waals surface area contributed by atoms with Gasteiger partial charge in [-0.15, -0.1) is 0 Å². The van der Waals surface area contributed by atoms with Gasteiger partial charge in [0, 0.05) is 39.8 Å². The van der Waals surface area contributed by atoms with E-state index in [2.05, 4.69) is 6.07 Å². The zero-order valence-corrected chi connectivity index (χ0v) is 20.6. The van der Waals surface area contributed by atoms with Gasteiger partial charge in [0.25, 0.3) is 0 Å². The van der Waals surface area contributed by atoms with E-state index < -0.39 is 22.1 Å². The molecule has 3 saturated heterocycles. The molecule has 1 aromatic rings. The Hall–Kier alpha value is -2.52. The molecule has 2 bridgehead atoms. The molecular weight excluding hydrogens is 456 g/mol. The topological polar surface area (TPSA) is 131 Å². The third kappa shape index (κ3) is 4.20. The molecule has 11 heteroatoms. The number of fused-ring (bicyclic) bond motifs is 2. The Balaban J connectivity index is 1.43. The highest BCUT2D eigenvalue weighted by Crippen LogP contribution is 2.38. The van der Waals surface area contributed by atoms with Crippen LogP contribution in [-0.4, -0.2) is 97.1 Å². The molecule has 0 aliphatic carbocycles. The van der Waals surface area contributed by atoms with Crippen LogP contribution >= 0.6 is 0 Å². The number of nitrogens with zero attached hydrogens (tertiary/aromatic N) is 5. The number of carbonyl (C=O) groups is 2. The van der Waals surface area contributed by atoms with Gasteiger partial charge in [-0.3, -0.25) is 14.5 Å². The van der Waals surface area contributed by atoms with E-state index in [1.54, 1.807) is 23.1 Å². The summed E-state index contributed by atoms with van der Waals surface area (Å²) in [6, 6.07) is 7.05. The standard InChI is InChI=1S/C23H32N6O4S/c1-15(16-6-4-8-19(10-16)34(32,33)26(2)3)29-18-11-21(23(29)31)27(13-18)14-20(25)22(30)28-9-5-7-17(28)12-24/h4,6,8,10,15,17-18,20-21H,5,7,9,11,13-14,25H2,1-3H3/t15-,17+,18?,20+,21-/m1/s1. The lowest BCUT2D eigenvalue weighted by Gasteiger charge is -2.38. The van der Waals surface area contributed by atoms with Crippen LogP contribution in [-0.2, 0) is 19.6 Å². The van der Waals surface area contributed by atoms with Crippen molar-refractivity contribution in [2.75, 3.05) is 33.7 Å². The third-order valence-corrected chi connectivity index (χ3v) is 9.10. The second-order valence-electron chi connectivity index (χ2n) is 9.57. The third-order valence-electron chi connectivity index (χ3n) is 7.28. The van der Waals surface area contributed by atoms with Crippen LogP contribution in [0.2, 0.25) is 0 Å². The molecule has 3 aliphatic heterocycles. The van der Waals surface area contributed by atoms with Crippen LogP contribution in [0.5, 0.6) is 0 Å². The highest BCUT2D eigenvalue weighted by Gasteiger charge is 2.51. The average Bonchev–Trinajstić information content (AvgIpc) is 3.52. The Morgan fingerprint density at radius 2 is 2.09 bits per heavy atom. The van der Waals surface area contributed by atoms with Gasteiger partial charge in [0.15, 0.2) is 0 Å². The number of benzene rings is 1. The Morgan fingerprint density at radius 1 is 1.35 bits per heavy atom. The van der Waals surface area contributed by atoms with Gasteiger partial charge >= 0.3 is 0 Å². The molecule has 3 aliphatic rings. The average molecular weight is 489 g/mol. The van der Waals surface area contributed by atoms with Gasteiger partial charge in [0.1, 0.15) is 6.04 Å². The molecule has 34 heavy (non-hydrogen) atoms. The first-order valence-electron chi connectivity index (χ1n) is 11.6. The van der Waals surface area contributed by atoms with Crippen LogP contribution in [0.4, 0.5) is 0 Å². The van der Waals surface area contributed by atoms with Crippen molar-refractivity contribution < 1.29 is 18.0 Å². The Kier molecular flexibility index (Phi) is 6.70. The SMILES string of the molecule is C[C@H](c1cccc(S(=O)(=O)N(C)C)c1)N1C(=O)[C@H]2CC1CN2C[C@H](N)C(=O)N1CCC[C@H]1C#N. The number of nitriles is 1. The van der Waals surface area contributed by atoms with Crippen LogP contribution in [0, 0.1) is 11.3 Å². The lowest BCUT2D eigenvalue weighted by molar-refractivity contribution is -0.141. The second-order valence-corrected chi connectivity index (χ2v) is 11.7. The number of rotatable bonds is 7. The molecule has 0 saturated carbocycles. The van der Waals surface area contributed by atoms with E-state index in [0.717, 1.165) is 12.0 Å². The summed E-state index contributed by atoms with van der Waals surface area (Å²) in [5.74, 6) is -0.260. The van der Waals surface area contributed by atoms with Crippen LogP contribution in [0.1, 0.15) is 37.8 Å². The maximum Gasteiger partial charge on any atom is 0.242 e. The van der Waals surface area contributed by atoms with Crippen LogP contribution in [0.25, 0.3) is 0 Å². The zero-order valence-electron chi connectivity index (χ0n) is 19.8. The van der Waals surface area contributed by atoms with Crippen molar-refractivity contribution in [1.29, 1.82) is 5.26 Å². The number of likely N-dealkylation sites (tertiary alicyclic amines) is 3. The Morgan fingerprint density at radius 3 is 2.74 bits per heavy atom. The fraction of sp³-hybridized carbons (Fsp3) is 0.609. The summed E-state index contributed by atoms with van der Waals surface area (Å²) >= 11 is 0. The molecule has 3 fully saturated rings. The fourth-order valence-corrected chi connectivity index (χ4v) is 6.37. The number of amides is 2. The van der Waals surface area contributed by atoms with Gasteiger partial charge in [-0.05, 0) is 43.9 Å². The van der Waals surface area contributed by atoms with E-state index in [1.165, 1.54) is 18.4 Å². The summed E-state index contributed by atoms with van der Waals surface area (Å²) in [4.78, 5) is 31.6. The highest BCUT2D eigenvalue weighted by atomic mass is 32.2. The molecule has 2 N–H and O–H groups in total. The number of hydrogen-bond acceptors (Lipinski definition) is 7. The minimum atomic E-state index is -3.57. The normalized spacial score (nSPS) is 26.8. The summed E-state index contributed by atoms with van der Waals surface area (Å²) in [5, 5.41) is 9.25. The lowest BCUT2D eigenvalue weighted by Crippen LogP contribution is -2.56. The summed E-state index contributed by atoms with van der Waals surface area (Å²) in [5.41, 5.74) is 6.97. The zero-order chi connectivity index (χ0) is 24.8. The quantitative estimate of drug-likeness (QED) is 0.577. The van der Waals surface area contributed by atoms with E-state index in [9.17, 15) is 23.3 Å². The lowest BCUT2D eigenvalue weighted by atomic mass is 10.1. The minimum Gasteiger partial charge on any atom is -0.330 e. The van der Waals surface area contributed by atoms with E-state index in [1.807, 2.05) is 22.8 Å². The molecule has 1 aromatic carbocycles. The second kappa shape index (κ2) is 9.26. The summed E-state index contributed by atoms with van der Waals surface area (Å²) < 4.78 is 26.2. The first-order valence-corrected chi connectivity index (χ1v) is 13.0. The number of nitrogens with two attached hydrogens (primary N) is 1. The number of sulfonamides is 1. The first kappa shape index (κ1) is 24.6. The van der Waals surface area contributed by atoms with Crippen molar-refractivity contribution in [2.24, 2.45) is 5.73 Å². The van der Waals surface area contributed by atoms with Crippen molar-refractivity contribution >= 4 is 21.8 Å². The molecule has 1 unspecified atom stereocenters. The highest BCUT2D eigenvalue weighted by molar-refractivity contribution is 7.89. The van der Waals surface area contributed by atoms with E-state index in [-0.39, 0.29) is 41.4 Å². The minimum absolute atomic E-state index is 0.0254. The largest absolute Gasteiger partial charge is 0.330 e. The molecule has 0 radical (unpaired) electrons. The number of carbonyl (C=O) groups excluding carboxylic acids is 2. The van der Waals surface area contributed by atoms with Crippen molar-refractivity contribution in [3.63, 3.8) is 0 Å². The molecular formula is C23H32N6O4S. The molecule has 10 nitrogen and oxygen atoms in total. The first-order chi connectivity index (χ1) is 16.1. The van der Waals surface area contributed by atoms with Crippen LogP contribution in [0.15, 0.2) is 29.2 Å². The fourth-order valence-electron chi connectivity index (χ4n) is 5.41. The number of hydrogen-bond donors (Lipinski definition) is 1. The molecule has 4 rings (SSSR count). The van der Waals surface area contributed by atoms with Gasteiger partial charge in [0.05, 0.1) is 29.1 Å². The summed E-state index contributed by atoms with van der Waals surface area (Å²) in [7, 11) is -0.595. The van der Waals surface area contributed by atoms with Crippen molar-refractivity contribution in [3.05, 3.63) is 29.8 Å². The molecule has 2 amide bonds.